The Hall–Kier alpha value is -1.66. The molecule has 0 bridgehead atoms. The number of halogens is 4. The molecule has 2 aromatic rings. The van der Waals surface area contributed by atoms with E-state index in [2.05, 4.69) is 10.4 Å². The van der Waals surface area contributed by atoms with Crippen LogP contribution in [0.3, 0.4) is 0 Å². The highest BCUT2D eigenvalue weighted by molar-refractivity contribution is 6.41. The van der Waals surface area contributed by atoms with E-state index < -0.39 is 0 Å². The van der Waals surface area contributed by atoms with Crippen LogP contribution in [0.1, 0.15) is 6.42 Å². The van der Waals surface area contributed by atoms with Gasteiger partial charge in [0.1, 0.15) is 11.5 Å². The van der Waals surface area contributed by atoms with Crippen molar-refractivity contribution in [3.8, 4) is 0 Å². The van der Waals surface area contributed by atoms with Crippen LogP contribution in [0.25, 0.3) is 0 Å². The molecule has 124 valence electrons. The van der Waals surface area contributed by atoms with Gasteiger partial charge in [-0.3, -0.25) is 10.2 Å². The standard InChI is InChI=1S/C15H10Cl4N4O/c16-7-1-2-12(9(17)3-7)21-13-6-14(24)23(22-13)15-10(18)4-8(20)5-11(15)19/h1-5H,6,20H2,(H,21,22). The lowest BCUT2D eigenvalue weighted by Gasteiger charge is -2.19. The van der Waals surface area contributed by atoms with Crippen molar-refractivity contribution in [2.24, 2.45) is 4.99 Å². The molecular weight excluding hydrogens is 394 g/mol. The van der Waals surface area contributed by atoms with Crippen molar-refractivity contribution in [3.63, 3.8) is 0 Å². The molecule has 24 heavy (non-hydrogen) atoms. The minimum Gasteiger partial charge on any atom is -0.399 e. The van der Waals surface area contributed by atoms with Crippen LogP contribution in [0.15, 0.2) is 35.3 Å². The number of benzene rings is 2. The lowest BCUT2D eigenvalue weighted by molar-refractivity contribution is -0.116. The number of amidine groups is 1. The molecule has 0 saturated carbocycles. The number of rotatable bonds is 2. The third-order valence-corrected chi connectivity index (χ3v) is 4.35. The molecule has 1 saturated heterocycles. The van der Waals surface area contributed by atoms with Crippen LogP contribution in [-0.2, 0) is 4.79 Å². The van der Waals surface area contributed by atoms with Crippen molar-refractivity contribution in [1.82, 2.24) is 5.43 Å². The molecule has 0 radical (unpaired) electrons. The van der Waals surface area contributed by atoms with Crippen LogP contribution in [0.4, 0.5) is 17.1 Å². The van der Waals surface area contributed by atoms with Crippen LogP contribution in [0.5, 0.6) is 0 Å². The maximum atomic E-state index is 12.3. The predicted octanol–water partition coefficient (Wildman–Crippen LogP) is 4.85. The van der Waals surface area contributed by atoms with Crippen molar-refractivity contribution in [2.45, 2.75) is 6.42 Å². The molecule has 1 amide bonds. The summed E-state index contributed by atoms with van der Waals surface area (Å²) in [5, 5.41) is 2.64. The zero-order valence-corrected chi connectivity index (χ0v) is 15.0. The summed E-state index contributed by atoms with van der Waals surface area (Å²) in [6.45, 7) is 0. The van der Waals surface area contributed by atoms with Crippen molar-refractivity contribution in [2.75, 3.05) is 10.7 Å². The van der Waals surface area contributed by atoms with E-state index in [0.717, 1.165) is 0 Å². The number of anilines is 2. The average molecular weight is 404 g/mol. The quantitative estimate of drug-likeness (QED) is 0.703. The summed E-state index contributed by atoms with van der Waals surface area (Å²) in [5.41, 5.74) is 9.78. The fraction of sp³-hybridized carbons (Fsp3) is 0.0667. The number of carbonyl (C=O) groups is 1. The lowest BCUT2D eigenvalue weighted by Crippen LogP contribution is -2.36. The highest BCUT2D eigenvalue weighted by atomic mass is 35.5. The Morgan fingerprint density at radius 2 is 1.71 bits per heavy atom. The van der Waals surface area contributed by atoms with Crippen LogP contribution in [0, 0.1) is 0 Å². The molecule has 1 fully saturated rings. The first-order chi connectivity index (χ1) is 11.3. The topological polar surface area (TPSA) is 70.7 Å². The minimum absolute atomic E-state index is 0.0516. The number of carbonyl (C=O) groups excluding carboxylic acids is 1. The van der Waals surface area contributed by atoms with E-state index in [-0.39, 0.29) is 22.4 Å². The summed E-state index contributed by atoms with van der Waals surface area (Å²) < 4.78 is 0. The van der Waals surface area contributed by atoms with Gasteiger partial charge in [-0.25, -0.2) is 10.0 Å². The molecule has 9 heteroatoms. The molecule has 3 rings (SSSR count). The molecule has 0 unspecified atom stereocenters. The fourth-order valence-corrected chi connectivity index (χ4v) is 3.34. The summed E-state index contributed by atoms with van der Waals surface area (Å²) in [6.07, 6.45) is 0.0516. The first-order valence-electron chi connectivity index (χ1n) is 6.72. The number of hydrazine groups is 1. The van der Waals surface area contributed by atoms with Crippen LogP contribution < -0.4 is 16.2 Å². The van der Waals surface area contributed by atoms with Gasteiger partial charge < -0.3 is 5.73 Å². The normalized spacial score (nSPS) is 15.9. The van der Waals surface area contributed by atoms with Gasteiger partial charge in [0.15, 0.2) is 0 Å². The Labute approximate surface area is 157 Å². The molecule has 2 aromatic carbocycles. The maximum absolute atomic E-state index is 12.3. The number of nitrogens with zero attached hydrogens (tertiary/aromatic N) is 2. The monoisotopic (exact) mass is 402 g/mol. The van der Waals surface area contributed by atoms with Gasteiger partial charge in [0.2, 0.25) is 0 Å². The van der Waals surface area contributed by atoms with E-state index in [0.29, 0.717) is 32.9 Å². The van der Waals surface area contributed by atoms with Crippen LogP contribution in [-0.4, -0.2) is 11.7 Å². The number of nitrogens with one attached hydrogen (secondary N) is 1. The van der Waals surface area contributed by atoms with Crippen molar-refractivity contribution in [3.05, 3.63) is 50.4 Å². The zero-order valence-electron chi connectivity index (χ0n) is 12.0. The second-order valence-electron chi connectivity index (χ2n) is 5.01. The molecule has 0 aromatic heterocycles. The predicted molar refractivity (Wildman–Crippen MR) is 99.7 cm³/mol. The van der Waals surface area contributed by atoms with Gasteiger partial charge in [0.05, 0.1) is 27.2 Å². The Balaban J connectivity index is 1.93. The maximum Gasteiger partial charge on any atom is 0.253 e. The van der Waals surface area contributed by atoms with E-state index in [9.17, 15) is 4.79 Å². The van der Waals surface area contributed by atoms with E-state index in [4.69, 9.17) is 52.1 Å². The van der Waals surface area contributed by atoms with E-state index in [1.807, 2.05) is 0 Å². The Kier molecular flexibility index (Phi) is 4.78. The molecule has 1 aliphatic heterocycles. The third kappa shape index (κ3) is 3.39. The summed E-state index contributed by atoms with van der Waals surface area (Å²) in [7, 11) is 0. The molecule has 0 atom stereocenters. The average Bonchev–Trinajstić information content (AvgIpc) is 2.82. The molecule has 5 nitrogen and oxygen atoms in total. The molecular formula is C15H10Cl4N4O. The number of hydrogen-bond acceptors (Lipinski definition) is 3. The van der Waals surface area contributed by atoms with Gasteiger partial charge in [0, 0.05) is 10.7 Å². The number of amides is 1. The SMILES string of the molecule is Nc1cc(Cl)c(N2NC(=Nc3ccc(Cl)cc3Cl)CC2=O)c(Cl)c1. The Morgan fingerprint density at radius 3 is 2.33 bits per heavy atom. The number of nitrogens with two attached hydrogens (primary N) is 1. The van der Waals surface area contributed by atoms with Gasteiger partial charge >= 0.3 is 0 Å². The van der Waals surface area contributed by atoms with E-state index in [1.165, 1.54) is 17.1 Å². The lowest BCUT2D eigenvalue weighted by atomic mass is 10.2. The van der Waals surface area contributed by atoms with Crippen molar-refractivity contribution < 1.29 is 4.79 Å². The molecule has 3 N–H and O–H groups in total. The molecule has 0 spiro atoms. The highest BCUT2D eigenvalue weighted by Gasteiger charge is 2.30. The van der Waals surface area contributed by atoms with Crippen molar-refractivity contribution >= 4 is 75.2 Å². The van der Waals surface area contributed by atoms with Gasteiger partial charge in [-0.2, -0.15) is 0 Å². The number of hydrogen-bond donors (Lipinski definition) is 2. The van der Waals surface area contributed by atoms with Gasteiger partial charge in [-0.05, 0) is 30.3 Å². The smallest absolute Gasteiger partial charge is 0.253 e. The van der Waals surface area contributed by atoms with Crippen LogP contribution >= 0.6 is 46.4 Å². The van der Waals surface area contributed by atoms with Gasteiger partial charge in [0.25, 0.3) is 5.91 Å². The Bertz CT molecular complexity index is 846. The first kappa shape index (κ1) is 17.2. The summed E-state index contributed by atoms with van der Waals surface area (Å²) >= 11 is 24.3. The zero-order chi connectivity index (χ0) is 17.4. The Morgan fingerprint density at radius 1 is 1.04 bits per heavy atom. The highest BCUT2D eigenvalue weighted by Crippen LogP contribution is 2.37. The first-order valence-corrected chi connectivity index (χ1v) is 8.23. The summed E-state index contributed by atoms with van der Waals surface area (Å²) in [4.78, 5) is 16.6. The molecule has 0 aliphatic carbocycles. The number of aliphatic imine (C=N–C) groups is 1. The third-order valence-electron chi connectivity index (χ3n) is 3.24. The molecule has 1 heterocycles. The van der Waals surface area contributed by atoms with Gasteiger partial charge in [-0.15, -0.1) is 0 Å². The van der Waals surface area contributed by atoms with E-state index in [1.54, 1.807) is 18.2 Å². The fourth-order valence-electron chi connectivity index (χ4n) is 2.21. The van der Waals surface area contributed by atoms with Gasteiger partial charge in [-0.1, -0.05) is 46.4 Å². The molecule has 1 aliphatic rings. The van der Waals surface area contributed by atoms with Crippen molar-refractivity contribution in [1.29, 1.82) is 0 Å². The summed E-state index contributed by atoms with van der Waals surface area (Å²) in [5.74, 6) is 0.153. The minimum atomic E-state index is -0.257. The number of nitrogen functional groups attached to an aromatic ring is 1. The second-order valence-corrected chi connectivity index (χ2v) is 6.66. The van der Waals surface area contributed by atoms with Crippen LogP contribution in [0.2, 0.25) is 20.1 Å². The second kappa shape index (κ2) is 6.69. The van der Waals surface area contributed by atoms with E-state index >= 15 is 0 Å². The largest absolute Gasteiger partial charge is 0.399 e. The summed E-state index contributed by atoms with van der Waals surface area (Å²) in [6, 6.07) is 7.93.